The zero-order valence-electron chi connectivity index (χ0n) is 15.4. The van der Waals surface area contributed by atoms with Gasteiger partial charge in [0.2, 0.25) is 5.91 Å². The zero-order chi connectivity index (χ0) is 17.8. The van der Waals surface area contributed by atoms with E-state index in [0.717, 1.165) is 7.11 Å². The number of carbonyl (C=O) groups is 1. The summed E-state index contributed by atoms with van der Waals surface area (Å²) in [6, 6.07) is -0.201. The maximum absolute atomic E-state index is 11.6. The standard InChI is InChI=1S/C9H17BNO6P.2C2H6.U.V/c1-15-6-7-3-8(17-18(13,14)16-2)5-11(7)9(12)4-10;2*1-2;;/h7-8H,3-6H2,1-2H3,(H,13,14);2*1-2H3;;/t7-,8+;;;;/m0..../s1. The third-order valence-corrected chi connectivity index (χ3v) is 3.77. The minimum absolute atomic E-state index is 0. The van der Waals surface area contributed by atoms with E-state index in [4.69, 9.17) is 17.1 Å². The number of carbonyl (C=O) groups excluding carboxylic acids is 1. The quantitative estimate of drug-likeness (QED) is 0.359. The van der Waals surface area contributed by atoms with Crippen molar-refractivity contribution in [3.63, 3.8) is 0 Å². The van der Waals surface area contributed by atoms with Crippen LogP contribution in [0.5, 0.6) is 0 Å². The molecule has 0 aliphatic carbocycles. The minimum atomic E-state index is -4.04. The van der Waals surface area contributed by atoms with E-state index in [2.05, 4.69) is 4.52 Å². The summed E-state index contributed by atoms with van der Waals surface area (Å²) < 4.78 is 25.6. The largest absolute Gasteiger partial charge is 0.472 e. The van der Waals surface area contributed by atoms with Crippen LogP contribution in [0.1, 0.15) is 34.1 Å². The molecular weight excluding hydrogens is 597 g/mol. The van der Waals surface area contributed by atoms with Crippen molar-refractivity contribution in [1.29, 1.82) is 0 Å². The smallest absolute Gasteiger partial charge is 0.383 e. The van der Waals surface area contributed by atoms with Gasteiger partial charge in [-0.2, -0.15) is 0 Å². The van der Waals surface area contributed by atoms with Gasteiger partial charge in [0.15, 0.2) is 0 Å². The van der Waals surface area contributed by atoms with Gasteiger partial charge < -0.3 is 14.5 Å². The fourth-order valence-corrected chi connectivity index (χ4v) is 2.57. The number of hydrogen-bond acceptors (Lipinski definition) is 5. The summed E-state index contributed by atoms with van der Waals surface area (Å²) in [5, 5.41) is 0. The van der Waals surface area contributed by atoms with E-state index in [1.165, 1.54) is 12.0 Å². The van der Waals surface area contributed by atoms with Crippen LogP contribution in [0.3, 0.4) is 0 Å². The van der Waals surface area contributed by atoms with Crippen molar-refractivity contribution in [2.24, 2.45) is 0 Å². The van der Waals surface area contributed by atoms with Gasteiger partial charge in [0.25, 0.3) is 0 Å². The first kappa shape index (κ1) is 32.9. The van der Waals surface area contributed by atoms with Gasteiger partial charge in [-0.05, 0) is 12.7 Å². The Morgan fingerprint density at radius 1 is 1.29 bits per heavy atom. The predicted octanol–water partition coefficient (Wildman–Crippen LogP) is 2.00. The molecule has 24 heavy (non-hydrogen) atoms. The van der Waals surface area contributed by atoms with Crippen molar-refractivity contribution in [2.75, 3.05) is 27.4 Å². The molecule has 1 N–H and O–H groups in total. The molecule has 1 fully saturated rings. The number of ether oxygens (including phenoxy) is 1. The Morgan fingerprint density at radius 3 is 2.17 bits per heavy atom. The van der Waals surface area contributed by atoms with Gasteiger partial charge in [0.05, 0.1) is 26.6 Å². The molecule has 139 valence electrons. The summed E-state index contributed by atoms with van der Waals surface area (Å²) in [6.45, 7) is 8.53. The molecule has 1 aliphatic rings. The van der Waals surface area contributed by atoms with E-state index in [1.54, 1.807) is 0 Å². The summed E-state index contributed by atoms with van der Waals surface area (Å²) in [5.41, 5.74) is 0. The Hall–Kier alpha value is 1.24. The van der Waals surface area contributed by atoms with Crippen LogP contribution in [-0.4, -0.2) is 63.1 Å². The Bertz CT molecular complexity index is 356. The van der Waals surface area contributed by atoms with Crippen LogP contribution in [0.2, 0.25) is 6.32 Å². The summed E-state index contributed by atoms with van der Waals surface area (Å²) in [5.74, 6) is -0.242. The molecule has 3 atom stereocenters. The van der Waals surface area contributed by atoms with Gasteiger partial charge in [-0.1, -0.05) is 27.7 Å². The molecule has 0 bridgehead atoms. The average molecular weight is 626 g/mol. The van der Waals surface area contributed by atoms with Crippen LogP contribution in [0.4, 0.5) is 0 Å². The van der Waals surface area contributed by atoms with Crippen LogP contribution in [-0.2, 0) is 41.7 Å². The van der Waals surface area contributed by atoms with Crippen molar-refractivity contribution in [3.8, 4) is 0 Å². The van der Waals surface area contributed by atoms with E-state index >= 15 is 0 Å². The van der Waals surface area contributed by atoms with Crippen LogP contribution < -0.4 is 0 Å². The zero-order valence-corrected chi connectivity index (χ0v) is 21.8. The van der Waals surface area contributed by atoms with E-state index in [-0.39, 0.29) is 74.5 Å². The van der Waals surface area contributed by atoms with Crippen LogP contribution in [0, 0.1) is 31.1 Å². The number of hydrogen-bond donors (Lipinski definition) is 1. The van der Waals surface area contributed by atoms with E-state index < -0.39 is 13.9 Å². The van der Waals surface area contributed by atoms with Crippen molar-refractivity contribution in [1.82, 2.24) is 4.90 Å². The fourth-order valence-electron chi connectivity index (χ4n) is 1.95. The molecule has 0 aromatic rings. The molecule has 1 rings (SSSR count). The average Bonchev–Trinajstić information content (AvgIpc) is 2.92. The molecule has 1 unspecified atom stereocenters. The van der Waals surface area contributed by atoms with Crippen LogP contribution in [0.25, 0.3) is 0 Å². The second-order valence-corrected chi connectivity index (χ2v) is 5.49. The van der Waals surface area contributed by atoms with Crippen molar-refractivity contribution in [3.05, 3.63) is 0 Å². The van der Waals surface area contributed by atoms with Gasteiger partial charge in [0, 0.05) is 70.4 Å². The second kappa shape index (κ2) is 19.0. The van der Waals surface area contributed by atoms with Gasteiger partial charge in [-0.3, -0.25) is 13.8 Å². The van der Waals surface area contributed by atoms with Gasteiger partial charge >= 0.3 is 7.82 Å². The summed E-state index contributed by atoms with van der Waals surface area (Å²) in [4.78, 5) is 22.3. The van der Waals surface area contributed by atoms with Gasteiger partial charge in [-0.25, -0.2) is 4.57 Å². The molecule has 1 amide bonds. The molecule has 0 saturated carbocycles. The molecule has 0 spiro atoms. The minimum Gasteiger partial charge on any atom is -0.383 e. The first-order valence-electron chi connectivity index (χ1n) is 7.49. The number of nitrogens with zero attached hydrogens (tertiary/aromatic N) is 1. The summed E-state index contributed by atoms with van der Waals surface area (Å²) >= 11 is 0. The SMILES string of the molecule is CC.CC.[B]CC(=O)N1C[C@H](OP(=O)(O)OC)C[C@H]1COC.[U].[V]. The Kier molecular flexibility index (Phi) is 26.0. The predicted molar refractivity (Wildman–Crippen MR) is 87.0 cm³/mol. The third kappa shape index (κ3) is 12.6. The molecule has 0 aromatic carbocycles. The van der Waals surface area contributed by atoms with E-state index in [0.29, 0.717) is 13.0 Å². The topological polar surface area (TPSA) is 85.3 Å². The maximum Gasteiger partial charge on any atom is 0.472 e. The maximum atomic E-state index is 11.6. The molecule has 1 saturated heterocycles. The monoisotopic (exact) mass is 626 g/mol. The second-order valence-electron chi connectivity index (χ2n) is 3.97. The number of methoxy groups -OCH3 is 1. The van der Waals surface area contributed by atoms with Crippen molar-refractivity contribution in [2.45, 2.75) is 52.6 Å². The number of phosphoric ester groups is 1. The van der Waals surface area contributed by atoms with Crippen molar-refractivity contribution < 1.29 is 77.7 Å². The number of amides is 1. The molecule has 3 radical (unpaired) electrons. The number of likely N-dealkylation sites (tertiary alicyclic amines) is 1. The number of rotatable bonds is 6. The fraction of sp³-hybridized carbons (Fsp3) is 0.923. The molecule has 0 aromatic heterocycles. The van der Waals surface area contributed by atoms with Crippen LogP contribution >= 0.6 is 7.82 Å². The number of phosphoric acid groups is 1. The Labute approximate surface area is 183 Å². The van der Waals surface area contributed by atoms with Gasteiger partial charge in [-0.15, -0.1) is 0 Å². The molecule has 11 heteroatoms. The van der Waals surface area contributed by atoms with Gasteiger partial charge in [0.1, 0.15) is 0 Å². The molecule has 1 aliphatic heterocycles. The normalized spacial score (nSPS) is 20.9. The molecule has 7 nitrogen and oxygen atoms in total. The van der Waals surface area contributed by atoms with E-state index in [9.17, 15) is 14.3 Å². The Balaban J connectivity index is -0.000000309. The third-order valence-electron chi connectivity index (χ3n) is 2.74. The Morgan fingerprint density at radius 2 is 1.79 bits per heavy atom. The summed E-state index contributed by atoms with van der Waals surface area (Å²) in [7, 11) is 3.87. The van der Waals surface area contributed by atoms with Crippen molar-refractivity contribution >= 4 is 21.6 Å². The summed E-state index contributed by atoms with van der Waals surface area (Å²) in [6.07, 6.45) is -0.266. The first-order chi connectivity index (χ1) is 10.4. The van der Waals surface area contributed by atoms with E-state index in [1.807, 2.05) is 27.7 Å². The molecule has 1 heterocycles. The van der Waals surface area contributed by atoms with Crippen LogP contribution in [0.15, 0.2) is 0 Å². The first-order valence-corrected chi connectivity index (χ1v) is 8.98. The molecular formula is C13H29BNO6PUV.